The molecule has 5 heteroatoms. The molecular formula is C23H22N2O3. The maximum atomic E-state index is 12.4. The standard InChI is InChI=1S/C23H22N2O3/c1-16-10-12-20(13-11-16)28-15-22(26)24-18-7-5-8-19(14-18)25-23(27)21-9-4-3-6-17(21)2/h3-14H,15H2,1-2H3,(H,24,26)(H,25,27). The van der Waals surface area contributed by atoms with Crippen molar-refractivity contribution in [3.63, 3.8) is 0 Å². The van der Waals surface area contributed by atoms with Gasteiger partial charge in [0.1, 0.15) is 5.75 Å². The second kappa shape index (κ2) is 8.86. The molecule has 2 amide bonds. The van der Waals surface area contributed by atoms with Crippen LogP contribution in [0.2, 0.25) is 0 Å². The van der Waals surface area contributed by atoms with Crippen LogP contribution in [0.1, 0.15) is 21.5 Å². The zero-order valence-corrected chi connectivity index (χ0v) is 15.9. The molecule has 0 radical (unpaired) electrons. The topological polar surface area (TPSA) is 67.4 Å². The summed E-state index contributed by atoms with van der Waals surface area (Å²) in [7, 11) is 0. The number of aryl methyl sites for hydroxylation is 2. The quantitative estimate of drug-likeness (QED) is 0.664. The minimum absolute atomic E-state index is 0.0944. The number of anilines is 2. The van der Waals surface area contributed by atoms with Gasteiger partial charge < -0.3 is 15.4 Å². The van der Waals surface area contributed by atoms with E-state index in [0.717, 1.165) is 11.1 Å². The van der Waals surface area contributed by atoms with Gasteiger partial charge in [0.15, 0.2) is 6.61 Å². The van der Waals surface area contributed by atoms with Crippen LogP contribution >= 0.6 is 0 Å². The highest BCUT2D eigenvalue weighted by atomic mass is 16.5. The number of rotatable bonds is 6. The Hall–Kier alpha value is -3.60. The zero-order chi connectivity index (χ0) is 19.9. The minimum Gasteiger partial charge on any atom is -0.484 e. The molecule has 3 rings (SSSR count). The number of hydrogen-bond acceptors (Lipinski definition) is 3. The molecule has 0 heterocycles. The molecule has 0 unspecified atom stereocenters. The summed E-state index contributed by atoms with van der Waals surface area (Å²) in [5.41, 5.74) is 3.83. The molecule has 3 aromatic carbocycles. The molecule has 28 heavy (non-hydrogen) atoms. The lowest BCUT2D eigenvalue weighted by molar-refractivity contribution is -0.118. The summed E-state index contributed by atoms with van der Waals surface area (Å²) in [6.07, 6.45) is 0. The second-order valence-corrected chi connectivity index (χ2v) is 6.50. The Morgan fingerprint density at radius 1 is 0.821 bits per heavy atom. The van der Waals surface area contributed by atoms with E-state index in [4.69, 9.17) is 4.74 Å². The summed E-state index contributed by atoms with van der Waals surface area (Å²) in [6, 6.07) is 21.9. The summed E-state index contributed by atoms with van der Waals surface area (Å²) in [6.45, 7) is 3.78. The number of carbonyl (C=O) groups excluding carboxylic acids is 2. The van der Waals surface area contributed by atoms with E-state index in [1.165, 1.54) is 0 Å². The molecule has 0 bridgehead atoms. The summed E-state index contributed by atoms with van der Waals surface area (Å²) >= 11 is 0. The van der Waals surface area contributed by atoms with Gasteiger partial charge >= 0.3 is 0 Å². The number of ether oxygens (including phenoxy) is 1. The van der Waals surface area contributed by atoms with E-state index >= 15 is 0 Å². The maximum Gasteiger partial charge on any atom is 0.262 e. The largest absolute Gasteiger partial charge is 0.484 e. The first kappa shape index (κ1) is 19.2. The Kier molecular flexibility index (Phi) is 6.07. The highest BCUT2D eigenvalue weighted by molar-refractivity contribution is 6.05. The Bertz CT molecular complexity index is 981. The van der Waals surface area contributed by atoms with Crippen molar-refractivity contribution in [2.24, 2.45) is 0 Å². The van der Waals surface area contributed by atoms with E-state index in [0.29, 0.717) is 22.7 Å². The van der Waals surface area contributed by atoms with Gasteiger partial charge in [-0.15, -0.1) is 0 Å². The highest BCUT2D eigenvalue weighted by Gasteiger charge is 2.09. The fraction of sp³-hybridized carbons (Fsp3) is 0.130. The van der Waals surface area contributed by atoms with Crippen LogP contribution in [0.5, 0.6) is 5.75 Å². The molecule has 0 aliphatic heterocycles. The van der Waals surface area contributed by atoms with Crippen LogP contribution in [0.3, 0.4) is 0 Å². The Morgan fingerprint density at radius 2 is 1.50 bits per heavy atom. The molecule has 0 aliphatic carbocycles. The van der Waals surface area contributed by atoms with E-state index in [2.05, 4.69) is 10.6 Å². The zero-order valence-electron chi connectivity index (χ0n) is 15.9. The molecule has 0 saturated carbocycles. The molecule has 0 atom stereocenters. The molecule has 142 valence electrons. The monoisotopic (exact) mass is 374 g/mol. The van der Waals surface area contributed by atoms with Crippen molar-refractivity contribution in [1.29, 1.82) is 0 Å². The molecule has 3 aromatic rings. The molecule has 2 N–H and O–H groups in total. The lowest BCUT2D eigenvalue weighted by atomic mass is 10.1. The predicted octanol–water partition coefficient (Wildman–Crippen LogP) is 4.57. The molecule has 0 aromatic heterocycles. The van der Waals surface area contributed by atoms with Crippen molar-refractivity contribution < 1.29 is 14.3 Å². The average molecular weight is 374 g/mol. The van der Waals surface area contributed by atoms with Gasteiger partial charge in [-0.25, -0.2) is 0 Å². The normalized spacial score (nSPS) is 10.2. The molecule has 0 saturated heterocycles. The van der Waals surface area contributed by atoms with Gasteiger partial charge in [-0.2, -0.15) is 0 Å². The fourth-order valence-electron chi connectivity index (χ4n) is 2.68. The Morgan fingerprint density at radius 3 is 2.21 bits per heavy atom. The summed E-state index contributed by atoms with van der Waals surface area (Å²) in [4.78, 5) is 24.6. The SMILES string of the molecule is Cc1ccc(OCC(=O)Nc2cccc(NC(=O)c3ccccc3C)c2)cc1. The summed E-state index contributed by atoms with van der Waals surface area (Å²) in [5.74, 6) is 0.173. The molecule has 0 aliphatic rings. The fourth-order valence-corrected chi connectivity index (χ4v) is 2.68. The van der Waals surface area contributed by atoms with Crippen LogP contribution in [0.15, 0.2) is 72.8 Å². The smallest absolute Gasteiger partial charge is 0.262 e. The van der Waals surface area contributed by atoms with Crippen molar-refractivity contribution in [2.75, 3.05) is 17.2 Å². The van der Waals surface area contributed by atoms with Crippen LogP contribution in [0.4, 0.5) is 11.4 Å². The van der Waals surface area contributed by atoms with E-state index in [9.17, 15) is 9.59 Å². The van der Waals surface area contributed by atoms with Gasteiger partial charge in [0.25, 0.3) is 11.8 Å². The number of amides is 2. The van der Waals surface area contributed by atoms with Crippen molar-refractivity contribution >= 4 is 23.2 Å². The van der Waals surface area contributed by atoms with Crippen LogP contribution < -0.4 is 15.4 Å². The first-order valence-corrected chi connectivity index (χ1v) is 8.97. The maximum absolute atomic E-state index is 12.4. The van der Waals surface area contributed by atoms with Gasteiger partial charge in [0.2, 0.25) is 0 Å². The van der Waals surface area contributed by atoms with Gasteiger partial charge in [0, 0.05) is 16.9 Å². The molecule has 0 spiro atoms. The van der Waals surface area contributed by atoms with E-state index in [1.807, 2.05) is 56.3 Å². The van der Waals surface area contributed by atoms with E-state index < -0.39 is 0 Å². The Labute approximate surface area is 164 Å². The number of nitrogens with one attached hydrogen (secondary N) is 2. The Balaban J connectivity index is 1.58. The third-order valence-corrected chi connectivity index (χ3v) is 4.18. The van der Waals surface area contributed by atoms with Crippen LogP contribution in [0.25, 0.3) is 0 Å². The first-order chi connectivity index (χ1) is 13.5. The molecule has 5 nitrogen and oxygen atoms in total. The van der Waals surface area contributed by atoms with Crippen molar-refractivity contribution in [3.8, 4) is 5.75 Å². The van der Waals surface area contributed by atoms with E-state index in [1.54, 1.807) is 30.3 Å². The highest BCUT2D eigenvalue weighted by Crippen LogP contribution is 2.17. The van der Waals surface area contributed by atoms with Crippen molar-refractivity contribution in [1.82, 2.24) is 0 Å². The molecular weight excluding hydrogens is 352 g/mol. The van der Waals surface area contributed by atoms with E-state index in [-0.39, 0.29) is 18.4 Å². The van der Waals surface area contributed by atoms with Crippen LogP contribution in [-0.4, -0.2) is 18.4 Å². The number of benzene rings is 3. The first-order valence-electron chi connectivity index (χ1n) is 8.97. The third kappa shape index (κ3) is 5.20. The van der Waals surface area contributed by atoms with Gasteiger partial charge in [-0.1, -0.05) is 42.0 Å². The summed E-state index contributed by atoms with van der Waals surface area (Å²) < 4.78 is 5.48. The summed E-state index contributed by atoms with van der Waals surface area (Å²) in [5, 5.41) is 5.63. The van der Waals surface area contributed by atoms with Crippen molar-refractivity contribution in [3.05, 3.63) is 89.5 Å². The van der Waals surface area contributed by atoms with Gasteiger partial charge in [0.05, 0.1) is 0 Å². The average Bonchev–Trinajstić information content (AvgIpc) is 2.68. The van der Waals surface area contributed by atoms with Crippen molar-refractivity contribution in [2.45, 2.75) is 13.8 Å². The number of carbonyl (C=O) groups is 2. The van der Waals surface area contributed by atoms with Gasteiger partial charge in [-0.3, -0.25) is 9.59 Å². The van der Waals surface area contributed by atoms with Crippen LogP contribution in [0, 0.1) is 13.8 Å². The molecule has 0 fully saturated rings. The van der Waals surface area contributed by atoms with Crippen LogP contribution in [-0.2, 0) is 4.79 Å². The van der Waals surface area contributed by atoms with Gasteiger partial charge in [-0.05, 0) is 55.8 Å². The lowest BCUT2D eigenvalue weighted by Gasteiger charge is -2.11. The second-order valence-electron chi connectivity index (χ2n) is 6.50. The minimum atomic E-state index is -0.275. The third-order valence-electron chi connectivity index (χ3n) is 4.18. The predicted molar refractivity (Wildman–Crippen MR) is 111 cm³/mol. The number of hydrogen-bond donors (Lipinski definition) is 2. The lowest BCUT2D eigenvalue weighted by Crippen LogP contribution is -2.20.